The first-order valence-electron chi connectivity index (χ1n) is 4.17. The van der Waals surface area contributed by atoms with E-state index in [2.05, 4.69) is 20.9 Å². The first-order valence-corrected chi connectivity index (χ1v) is 5.34. The Kier molecular flexibility index (Phi) is 2.45. The molecule has 0 aromatic heterocycles. The molecule has 1 aliphatic heterocycles. The number of carbonyl (C=O) groups is 1. The topological polar surface area (TPSA) is 29.4 Å². The number of hydrogen-bond donors (Lipinski definition) is 0. The number of nitrogens with zero attached hydrogens (tertiary/aromatic N) is 1. The van der Waals surface area contributed by atoms with Crippen LogP contribution in [0.3, 0.4) is 0 Å². The van der Waals surface area contributed by atoms with Crippen molar-refractivity contribution >= 4 is 45.2 Å². The Hall–Kier alpha value is -0.670. The summed E-state index contributed by atoms with van der Waals surface area (Å²) in [5.41, 5.74) is 1.18. The van der Waals surface area contributed by atoms with E-state index in [1.54, 1.807) is 18.3 Å². The number of fused-ring (bicyclic) bond motifs is 1. The minimum Gasteiger partial charge on any atom is -0.293 e. The van der Waals surface area contributed by atoms with Crippen molar-refractivity contribution in [2.24, 2.45) is 10.9 Å². The Morgan fingerprint density at radius 3 is 2.93 bits per heavy atom. The summed E-state index contributed by atoms with van der Waals surface area (Å²) in [6.45, 7) is 1.82. The number of benzene rings is 1. The van der Waals surface area contributed by atoms with E-state index < -0.39 is 0 Å². The molecule has 2 nitrogen and oxygen atoms in total. The summed E-state index contributed by atoms with van der Waals surface area (Å²) < 4.78 is 0.761. The highest BCUT2D eigenvalue weighted by Crippen LogP contribution is 2.38. The van der Waals surface area contributed by atoms with Crippen molar-refractivity contribution in [1.82, 2.24) is 0 Å². The van der Waals surface area contributed by atoms with Crippen molar-refractivity contribution in [3.05, 3.63) is 27.2 Å². The second kappa shape index (κ2) is 3.48. The first-order chi connectivity index (χ1) is 6.61. The maximum absolute atomic E-state index is 11.7. The van der Waals surface area contributed by atoms with E-state index in [0.29, 0.717) is 16.3 Å². The van der Waals surface area contributed by atoms with Crippen LogP contribution in [0.25, 0.3) is 0 Å². The van der Waals surface area contributed by atoms with Crippen molar-refractivity contribution < 1.29 is 4.79 Å². The van der Waals surface area contributed by atoms with E-state index >= 15 is 0 Å². The predicted octanol–water partition coefficient (Wildman–Crippen LogP) is 3.64. The van der Waals surface area contributed by atoms with Gasteiger partial charge in [-0.3, -0.25) is 9.79 Å². The van der Waals surface area contributed by atoms with Gasteiger partial charge in [-0.25, -0.2) is 0 Å². The van der Waals surface area contributed by atoms with Gasteiger partial charge in [0.25, 0.3) is 0 Å². The van der Waals surface area contributed by atoms with Crippen LogP contribution in [0.2, 0.25) is 5.02 Å². The maximum Gasteiger partial charge on any atom is 0.173 e. The van der Waals surface area contributed by atoms with Crippen LogP contribution in [0.5, 0.6) is 0 Å². The van der Waals surface area contributed by atoms with Crippen molar-refractivity contribution in [3.8, 4) is 0 Å². The van der Waals surface area contributed by atoms with Gasteiger partial charge in [-0.05, 0) is 28.1 Å². The average molecular weight is 273 g/mol. The lowest BCUT2D eigenvalue weighted by atomic mass is 9.96. The zero-order chi connectivity index (χ0) is 10.3. The summed E-state index contributed by atoms with van der Waals surface area (Å²) in [5.74, 6) is -0.0795. The Balaban J connectivity index is 2.68. The third kappa shape index (κ3) is 1.41. The van der Waals surface area contributed by atoms with Gasteiger partial charge in [0, 0.05) is 16.3 Å². The van der Waals surface area contributed by atoms with Gasteiger partial charge < -0.3 is 0 Å². The van der Waals surface area contributed by atoms with Crippen LogP contribution < -0.4 is 0 Å². The lowest BCUT2D eigenvalue weighted by Gasteiger charge is -2.15. The third-order valence-electron chi connectivity index (χ3n) is 2.18. The zero-order valence-corrected chi connectivity index (χ0v) is 9.76. The lowest BCUT2D eigenvalue weighted by molar-refractivity contribution is 0.0962. The molecule has 0 amide bonds. The SMILES string of the molecule is CC1C=Nc2c(ccc(Br)c2Cl)C1=O. The number of rotatable bonds is 0. The fraction of sp³-hybridized carbons (Fsp3) is 0.200. The van der Waals surface area contributed by atoms with Gasteiger partial charge in [0.1, 0.15) is 0 Å². The molecule has 0 spiro atoms. The minimum atomic E-state index is -0.153. The van der Waals surface area contributed by atoms with Gasteiger partial charge in [0.05, 0.1) is 16.6 Å². The summed E-state index contributed by atoms with van der Waals surface area (Å²) in [5, 5.41) is 0.499. The summed E-state index contributed by atoms with van der Waals surface area (Å²) in [7, 11) is 0. The van der Waals surface area contributed by atoms with Crippen LogP contribution in [0.1, 0.15) is 17.3 Å². The van der Waals surface area contributed by atoms with E-state index in [9.17, 15) is 4.79 Å². The molecule has 0 radical (unpaired) electrons. The summed E-state index contributed by atoms with van der Waals surface area (Å²) >= 11 is 9.30. The number of aliphatic imine (C=N–C) groups is 1. The quantitative estimate of drug-likeness (QED) is 0.709. The molecule has 1 aromatic rings. The van der Waals surface area contributed by atoms with Gasteiger partial charge in [-0.1, -0.05) is 18.5 Å². The van der Waals surface area contributed by atoms with Gasteiger partial charge in [0.15, 0.2) is 5.78 Å². The molecule has 14 heavy (non-hydrogen) atoms. The molecule has 0 fully saturated rings. The molecule has 4 heteroatoms. The Bertz CT molecular complexity index is 442. The molecule has 2 rings (SSSR count). The fourth-order valence-corrected chi connectivity index (χ4v) is 1.90. The highest BCUT2D eigenvalue weighted by molar-refractivity contribution is 9.10. The molecule has 1 unspecified atom stereocenters. The lowest BCUT2D eigenvalue weighted by Crippen LogP contribution is -2.16. The second-order valence-electron chi connectivity index (χ2n) is 3.19. The molecule has 0 saturated carbocycles. The molecule has 1 atom stereocenters. The highest BCUT2D eigenvalue weighted by atomic mass is 79.9. The fourth-order valence-electron chi connectivity index (χ4n) is 1.36. The van der Waals surface area contributed by atoms with E-state index in [1.807, 2.05) is 6.92 Å². The van der Waals surface area contributed by atoms with Crippen molar-refractivity contribution in [2.75, 3.05) is 0 Å². The summed E-state index contributed by atoms with van der Waals surface area (Å²) in [4.78, 5) is 15.9. The number of carbonyl (C=O) groups excluding carboxylic acids is 1. The van der Waals surface area contributed by atoms with Gasteiger partial charge >= 0.3 is 0 Å². The molecule has 0 N–H and O–H groups in total. The minimum absolute atomic E-state index is 0.0735. The smallest absolute Gasteiger partial charge is 0.173 e. The zero-order valence-electron chi connectivity index (χ0n) is 7.42. The number of halogens is 2. The average Bonchev–Trinajstić information content (AvgIpc) is 2.17. The summed E-state index contributed by atoms with van der Waals surface area (Å²) in [6.07, 6.45) is 1.63. The molecular formula is C10H7BrClNO. The van der Waals surface area contributed by atoms with E-state index in [-0.39, 0.29) is 11.7 Å². The van der Waals surface area contributed by atoms with Crippen molar-refractivity contribution in [3.63, 3.8) is 0 Å². The van der Waals surface area contributed by atoms with E-state index in [0.717, 1.165) is 4.47 Å². The predicted molar refractivity (Wildman–Crippen MR) is 60.8 cm³/mol. The highest BCUT2D eigenvalue weighted by Gasteiger charge is 2.23. The van der Waals surface area contributed by atoms with Crippen LogP contribution in [-0.2, 0) is 0 Å². The van der Waals surface area contributed by atoms with Crippen LogP contribution in [-0.4, -0.2) is 12.0 Å². The molecule has 1 aromatic carbocycles. The largest absolute Gasteiger partial charge is 0.293 e. The molecule has 0 aliphatic carbocycles. The van der Waals surface area contributed by atoms with Gasteiger partial charge in [0.2, 0.25) is 0 Å². The molecular weight excluding hydrogens is 265 g/mol. The Morgan fingerprint density at radius 1 is 1.50 bits per heavy atom. The van der Waals surface area contributed by atoms with Crippen LogP contribution in [0.15, 0.2) is 21.6 Å². The maximum atomic E-state index is 11.7. The molecule has 1 aliphatic rings. The third-order valence-corrected chi connectivity index (χ3v) is 3.45. The monoisotopic (exact) mass is 271 g/mol. The Labute approximate surface area is 95.1 Å². The molecule has 1 heterocycles. The van der Waals surface area contributed by atoms with Crippen molar-refractivity contribution in [1.29, 1.82) is 0 Å². The number of Topliss-reactive ketones (excluding diaryl/α,β-unsaturated/α-hetero) is 1. The van der Waals surface area contributed by atoms with Crippen molar-refractivity contribution in [2.45, 2.75) is 6.92 Å². The van der Waals surface area contributed by atoms with E-state index in [4.69, 9.17) is 11.6 Å². The van der Waals surface area contributed by atoms with Crippen LogP contribution >= 0.6 is 27.5 Å². The molecule has 0 saturated heterocycles. The number of hydrogen-bond acceptors (Lipinski definition) is 2. The second-order valence-corrected chi connectivity index (χ2v) is 4.42. The molecule has 0 bridgehead atoms. The standard InChI is InChI=1S/C10H7BrClNO/c1-5-4-13-9-6(10(5)14)2-3-7(11)8(9)12/h2-5H,1H3. The normalized spacial score (nSPS) is 19.6. The molecule has 72 valence electrons. The van der Waals surface area contributed by atoms with Crippen LogP contribution in [0, 0.1) is 5.92 Å². The van der Waals surface area contributed by atoms with Gasteiger partial charge in [-0.2, -0.15) is 0 Å². The summed E-state index contributed by atoms with van der Waals surface area (Å²) in [6, 6.07) is 3.52. The number of ketones is 1. The Morgan fingerprint density at radius 2 is 2.21 bits per heavy atom. The first kappa shape index (κ1) is 9.87. The van der Waals surface area contributed by atoms with E-state index in [1.165, 1.54) is 0 Å². The van der Waals surface area contributed by atoms with Crippen LogP contribution in [0.4, 0.5) is 5.69 Å². The van der Waals surface area contributed by atoms with Gasteiger partial charge in [-0.15, -0.1) is 0 Å².